The van der Waals surface area contributed by atoms with Crippen LogP contribution >= 0.6 is 11.3 Å². The molecule has 2 rings (SSSR count). The molecule has 0 atom stereocenters. The van der Waals surface area contributed by atoms with Gasteiger partial charge in [0.05, 0.1) is 4.88 Å². The zero-order valence-electron chi connectivity index (χ0n) is 10.4. The van der Waals surface area contributed by atoms with Crippen LogP contribution in [-0.4, -0.2) is 16.0 Å². The highest BCUT2D eigenvalue weighted by Crippen LogP contribution is 2.26. The number of aromatic nitrogens is 2. The summed E-state index contributed by atoms with van der Waals surface area (Å²) in [6, 6.07) is 4.61. The number of pyridine rings is 1. The summed E-state index contributed by atoms with van der Waals surface area (Å²) in [5, 5.41) is 4.50. The average Bonchev–Trinajstić information content (AvgIpc) is 2.75. The molecule has 0 saturated heterocycles. The Morgan fingerprint density at radius 3 is 2.88 bits per heavy atom. The van der Waals surface area contributed by atoms with Crippen LogP contribution in [0.2, 0.25) is 0 Å². The third-order valence-electron chi connectivity index (χ3n) is 2.40. The van der Waals surface area contributed by atoms with Gasteiger partial charge in [-0.25, -0.2) is 4.98 Å². The number of nitrogens with one attached hydrogen (secondary N) is 1. The lowest BCUT2D eigenvalue weighted by Gasteiger charge is -2.04. The van der Waals surface area contributed by atoms with Crippen LogP contribution in [0, 0.1) is 6.92 Å². The van der Waals surface area contributed by atoms with Crippen molar-refractivity contribution >= 4 is 11.3 Å². The van der Waals surface area contributed by atoms with Gasteiger partial charge in [-0.05, 0) is 24.6 Å². The molecule has 4 heteroatoms. The van der Waals surface area contributed by atoms with Gasteiger partial charge in [0.25, 0.3) is 0 Å². The Morgan fingerprint density at radius 2 is 2.18 bits per heavy atom. The van der Waals surface area contributed by atoms with Crippen molar-refractivity contribution in [2.75, 3.05) is 0 Å². The molecule has 2 aromatic rings. The van der Waals surface area contributed by atoms with Crippen LogP contribution in [0.25, 0.3) is 10.4 Å². The first kappa shape index (κ1) is 12.2. The van der Waals surface area contributed by atoms with Gasteiger partial charge in [-0.3, -0.25) is 4.98 Å². The minimum absolute atomic E-state index is 0.491. The van der Waals surface area contributed by atoms with E-state index in [9.17, 15) is 0 Å². The van der Waals surface area contributed by atoms with Crippen LogP contribution < -0.4 is 5.32 Å². The highest BCUT2D eigenvalue weighted by Gasteiger charge is 2.05. The van der Waals surface area contributed by atoms with Gasteiger partial charge in [0.2, 0.25) is 0 Å². The van der Waals surface area contributed by atoms with Crippen LogP contribution in [0.4, 0.5) is 0 Å². The second-order valence-electron chi connectivity index (χ2n) is 4.34. The van der Waals surface area contributed by atoms with Gasteiger partial charge in [-0.15, -0.1) is 11.3 Å². The Morgan fingerprint density at radius 1 is 1.35 bits per heavy atom. The van der Waals surface area contributed by atoms with Gasteiger partial charge in [0, 0.05) is 30.7 Å². The Labute approximate surface area is 106 Å². The van der Waals surface area contributed by atoms with E-state index >= 15 is 0 Å². The summed E-state index contributed by atoms with van der Waals surface area (Å²) in [7, 11) is 0. The highest BCUT2D eigenvalue weighted by molar-refractivity contribution is 7.15. The summed E-state index contributed by atoms with van der Waals surface area (Å²) in [6.45, 7) is 7.12. The van der Waals surface area contributed by atoms with Gasteiger partial charge in [-0.2, -0.15) is 0 Å². The van der Waals surface area contributed by atoms with E-state index in [0.29, 0.717) is 6.04 Å². The molecule has 3 nitrogen and oxygen atoms in total. The van der Waals surface area contributed by atoms with Gasteiger partial charge in [0.1, 0.15) is 5.01 Å². The van der Waals surface area contributed by atoms with Gasteiger partial charge >= 0.3 is 0 Å². The van der Waals surface area contributed by atoms with Crippen LogP contribution in [-0.2, 0) is 6.54 Å². The molecule has 2 aromatic heterocycles. The van der Waals surface area contributed by atoms with Crippen LogP contribution in [0.5, 0.6) is 0 Å². The second kappa shape index (κ2) is 5.38. The molecule has 0 spiro atoms. The van der Waals surface area contributed by atoms with E-state index in [2.05, 4.69) is 35.2 Å². The van der Waals surface area contributed by atoms with Crippen molar-refractivity contribution in [1.29, 1.82) is 0 Å². The summed E-state index contributed by atoms with van der Waals surface area (Å²) < 4.78 is 0. The molecular formula is C13H17N3S. The number of aryl methyl sites for hydroxylation is 1. The van der Waals surface area contributed by atoms with E-state index in [1.54, 1.807) is 11.3 Å². The average molecular weight is 247 g/mol. The van der Waals surface area contributed by atoms with E-state index in [4.69, 9.17) is 0 Å². The molecule has 0 bridgehead atoms. The smallest absolute Gasteiger partial charge is 0.107 e. The fourth-order valence-corrected chi connectivity index (χ4v) is 2.38. The lowest BCUT2D eigenvalue weighted by atomic mass is 10.2. The quantitative estimate of drug-likeness (QED) is 0.902. The first-order chi connectivity index (χ1) is 8.15. The predicted octanol–water partition coefficient (Wildman–Crippen LogP) is 3.01. The Balaban J connectivity index is 2.12. The van der Waals surface area contributed by atoms with Crippen LogP contribution in [0.1, 0.15) is 24.5 Å². The maximum absolute atomic E-state index is 4.43. The Bertz CT molecular complexity index is 491. The molecule has 0 aliphatic carbocycles. The zero-order chi connectivity index (χ0) is 12.3. The molecule has 1 N–H and O–H groups in total. The third kappa shape index (κ3) is 3.35. The fraction of sp³-hybridized carbons (Fsp3) is 0.385. The van der Waals surface area contributed by atoms with Crippen LogP contribution in [0.3, 0.4) is 0 Å². The Hall–Kier alpha value is -1.26. The summed E-state index contributed by atoms with van der Waals surface area (Å²) in [4.78, 5) is 9.84. The maximum atomic E-state index is 4.43. The molecule has 2 heterocycles. The fourth-order valence-electron chi connectivity index (χ4n) is 1.52. The van der Waals surface area contributed by atoms with Gasteiger partial charge in [0.15, 0.2) is 0 Å². The molecule has 0 saturated carbocycles. The summed E-state index contributed by atoms with van der Waals surface area (Å²) in [6.07, 6.45) is 3.78. The summed E-state index contributed by atoms with van der Waals surface area (Å²) in [5.74, 6) is 0. The molecule has 0 amide bonds. The molecule has 0 fully saturated rings. The monoisotopic (exact) mass is 247 g/mol. The minimum atomic E-state index is 0.491. The maximum Gasteiger partial charge on any atom is 0.107 e. The first-order valence-electron chi connectivity index (χ1n) is 5.76. The number of hydrogen-bond acceptors (Lipinski definition) is 4. The van der Waals surface area contributed by atoms with Crippen molar-refractivity contribution in [3.8, 4) is 10.4 Å². The predicted molar refractivity (Wildman–Crippen MR) is 72.1 cm³/mol. The van der Waals surface area contributed by atoms with Crippen LogP contribution in [0.15, 0.2) is 24.5 Å². The molecule has 0 aliphatic rings. The lowest BCUT2D eigenvalue weighted by Crippen LogP contribution is -2.21. The molecular weight excluding hydrogens is 230 g/mol. The molecule has 0 aliphatic heterocycles. The second-order valence-corrected chi connectivity index (χ2v) is 5.45. The molecule has 17 heavy (non-hydrogen) atoms. The van der Waals surface area contributed by atoms with Gasteiger partial charge in [-0.1, -0.05) is 13.8 Å². The first-order valence-corrected chi connectivity index (χ1v) is 6.58. The number of thiazole rings is 1. The highest BCUT2D eigenvalue weighted by atomic mass is 32.1. The molecule has 0 unspecified atom stereocenters. The SMILES string of the molecule is Cc1cc(-c2cnc(CNC(C)C)s2)ccn1. The Kier molecular flexibility index (Phi) is 3.86. The summed E-state index contributed by atoms with van der Waals surface area (Å²) >= 11 is 1.74. The number of hydrogen-bond donors (Lipinski definition) is 1. The minimum Gasteiger partial charge on any atom is -0.308 e. The topological polar surface area (TPSA) is 37.8 Å². The molecule has 0 aromatic carbocycles. The van der Waals surface area contributed by atoms with E-state index < -0.39 is 0 Å². The third-order valence-corrected chi connectivity index (χ3v) is 3.44. The van der Waals surface area contributed by atoms with E-state index in [1.807, 2.05) is 25.4 Å². The van der Waals surface area contributed by atoms with Gasteiger partial charge < -0.3 is 5.32 Å². The standard InChI is InChI=1S/C13H17N3S/c1-9(2)15-8-13-16-7-12(17-13)11-4-5-14-10(3)6-11/h4-7,9,15H,8H2,1-3H3. The van der Waals surface area contributed by atoms with Crippen molar-refractivity contribution in [1.82, 2.24) is 15.3 Å². The van der Waals surface area contributed by atoms with Crippen molar-refractivity contribution in [2.45, 2.75) is 33.4 Å². The van der Waals surface area contributed by atoms with Crippen molar-refractivity contribution in [2.24, 2.45) is 0 Å². The van der Waals surface area contributed by atoms with E-state index in [1.165, 1.54) is 10.4 Å². The number of nitrogens with zero attached hydrogens (tertiary/aromatic N) is 2. The van der Waals surface area contributed by atoms with Crippen molar-refractivity contribution in [3.63, 3.8) is 0 Å². The van der Waals surface area contributed by atoms with E-state index in [-0.39, 0.29) is 0 Å². The van der Waals surface area contributed by atoms with Crippen molar-refractivity contribution < 1.29 is 0 Å². The van der Waals surface area contributed by atoms with Crippen molar-refractivity contribution in [3.05, 3.63) is 35.2 Å². The van der Waals surface area contributed by atoms with E-state index in [0.717, 1.165) is 17.2 Å². The number of rotatable bonds is 4. The normalized spacial score (nSPS) is 11.1. The summed E-state index contributed by atoms with van der Waals surface area (Å²) in [5.41, 5.74) is 2.24. The molecule has 90 valence electrons. The molecule has 0 radical (unpaired) electrons. The zero-order valence-corrected chi connectivity index (χ0v) is 11.2. The lowest BCUT2D eigenvalue weighted by molar-refractivity contribution is 0.587. The largest absolute Gasteiger partial charge is 0.308 e.